The number of nitrogens with one attached hydrogen (secondary N) is 2. The SMILES string of the molecule is CC1(C)CC(c2ccc(Cl)cc2)=C2CN3CCN(c4ccc(C(=O)NS(=O)(=O)c5cnc(OCC6(F)CCC(N7CCOCC7)CC6)c(Cl)c5)c(N5CCCOc6nc7[nH]ccc7cc65)c4)C[C@H]3COCCCO[C@@H]2C1. The van der Waals surface area contributed by atoms with Crippen LogP contribution in [0.15, 0.2) is 83.5 Å². The Balaban J connectivity index is 0.855. The van der Waals surface area contributed by atoms with Crippen molar-refractivity contribution in [1.29, 1.82) is 0 Å². The van der Waals surface area contributed by atoms with E-state index in [0.717, 1.165) is 62.7 Å². The summed E-state index contributed by atoms with van der Waals surface area (Å²) in [6, 6.07) is 19.1. The number of amides is 1. The van der Waals surface area contributed by atoms with Gasteiger partial charge in [0.2, 0.25) is 11.8 Å². The number of hydrogen-bond donors (Lipinski definition) is 2. The zero-order chi connectivity index (χ0) is 52.6. The van der Waals surface area contributed by atoms with E-state index in [9.17, 15) is 13.2 Å². The van der Waals surface area contributed by atoms with Gasteiger partial charge in [-0.05, 0) is 122 Å². The highest BCUT2D eigenvalue weighted by atomic mass is 35.5. The maximum Gasteiger partial charge on any atom is 0.267 e. The van der Waals surface area contributed by atoms with Gasteiger partial charge in [0, 0.05) is 87.4 Å². The zero-order valence-electron chi connectivity index (χ0n) is 43.2. The summed E-state index contributed by atoms with van der Waals surface area (Å²) in [5.41, 5.74) is 5.03. The monoisotopic (exact) mass is 1100 g/mol. The van der Waals surface area contributed by atoms with Crippen LogP contribution in [0.25, 0.3) is 16.6 Å². The highest BCUT2D eigenvalue weighted by Crippen LogP contribution is 2.46. The van der Waals surface area contributed by atoms with Gasteiger partial charge in [-0.2, -0.15) is 4.98 Å². The predicted octanol–water partition coefficient (Wildman–Crippen LogP) is 9.24. The molecule has 20 heteroatoms. The first kappa shape index (κ1) is 53.0. The number of alkyl halides is 1. The van der Waals surface area contributed by atoms with E-state index in [2.05, 4.69) is 55.4 Å². The molecule has 1 amide bonds. The number of nitrogens with zero attached hydrogens (tertiary/aromatic N) is 6. The lowest BCUT2D eigenvalue weighted by molar-refractivity contribution is -0.0215. The maximum absolute atomic E-state index is 16.0. The summed E-state index contributed by atoms with van der Waals surface area (Å²) in [6.07, 6.45) is 8.12. The highest BCUT2D eigenvalue weighted by molar-refractivity contribution is 7.90. The number of hydrogen-bond acceptors (Lipinski definition) is 14. The quantitative estimate of drug-likeness (QED) is 0.136. The predicted molar refractivity (Wildman–Crippen MR) is 292 cm³/mol. The topological polar surface area (TPSA) is 164 Å². The number of ether oxygens (including phenoxy) is 5. The van der Waals surface area contributed by atoms with Crippen LogP contribution in [0.2, 0.25) is 10.0 Å². The van der Waals surface area contributed by atoms with E-state index in [1.54, 1.807) is 6.07 Å². The van der Waals surface area contributed by atoms with Crippen molar-refractivity contribution in [3.05, 3.63) is 99.8 Å². The van der Waals surface area contributed by atoms with Crippen LogP contribution in [0.3, 0.4) is 0 Å². The fourth-order valence-electron chi connectivity index (χ4n) is 11.9. The van der Waals surface area contributed by atoms with Crippen molar-refractivity contribution in [3.63, 3.8) is 0 Å². The van der Waals surface area contributed by atoms with Crippen molar-refractivity contribution >= 4 is 72.8 Å². The molecule has 2 N–H and O–H groups in total. The Bertz CT molecular complexity index is 3060. The van der Waals surface area contributed by atoms with Gasteiger partial charge in [0.05, 0.1) is 56.0 Å². The number of fused-ring (bicyclic) bond motifs is 4. The molecule has 3 saturated heterocycles. The number of morpholine rings is 1. The average Bonchev–Trinajstić information content (AvgIpc) is 3.77. The average molecular weight is 1100 g/mol. The van der Waals surface area contributed by atoms with Gasteiger partial charge in [-0.1, -0.05) is 49.2 Å². The minimum atomic E-state index is -4.54. The first-order valence-electron chi connectivity index (χ1n) is 26.7. The van der Waals surface area contributed by atoms with Crippen LogP contribution in [0.4, 0.5) is 21.5 Å². The molecule has 0 radical (unpaired) electrons. The second-order valence-corrected chi connectivity index (χ2v) is 24.4. The molecule has 6 aliphatic rings. The van der Waals surface area contributed by atoms with Crippen molar-refractivity contribution < 1.29 is 41.3 Å². The van der Waals surface area contributed by atoms with Crippen molar-refractivity contribution in [2.24, 2.45) is 5.41 Å². The first-order valence-corrected chi connectivity index (χ1v) is 29.0. The lowest BCUT2D eigenvalue weighted by Gasteiger charge is -2.45. The van der Waals surface area contributed by atoms with E-state index in [0.29, 0.717) is 125 Å². The normalized spacial score (nSPS) is 25.1. The minimum absolute atomic E-state index is 0.0206. The first-order chi connectivity index (χ1) is 36.7. The molecule has 3 aromatic heterocycles. The smallest absolute Gasteiger partial charge is 0.267 e. The second-order valence-electron chi connectivity index (χ2n) is 21.9. The van der Waals surface area contributed by atoms with Gasteiger partial charge in [0.1, 0.15) is 33.5 Å². The largest absolute Gasteiger partial charge is 0.476 e. The van der Waals surface area contributed by atoms with Crippen LogP contribution < -0.4 is 24.0 Å². The number of pyridine rings is 2. The molecule has 0 bridgehead atoms. The van der Waals surface area contributed by atoms with Gasteiger partial charge in [0.15, 0.2) is 0 Å². The highest BCUT2D eigenvalue weighted by Gasteiger charge is 2.41. The Morgan fingerprint density at radius 1 is 0.895 bits per heavy atom. The molecular weight excluding hydrogens is 1030 g/mol. The molecule has 11 rings (SSSR count). The van der Waals surface area contributed by atoms with E-state index < -0.39 is 21.6 Å². The van der Waals surface area contributed by atoms with Gasteiger partial charge < -0.3 is 38.5 Å². The summed E-state index contributed by atoms with van der Waals surface area (Å²) >= 11 is 13.0. The Kier molecular flexibility index (Phi) is 15.6. The van der Waals surface area contributed by atoms with Gasteiger partial charge >= 0.3 is 0 Å². The van der Waals surface area contributed by atoms with Crippen LogP contribution in [-0.2, 0) is 24.2 Å². The molecule has 0 unspecified atom stereocenters. The third kappa shape index (κ3) is 11.7. The Labute approximate surface area is 454 Å². The standard InChI is InChI=1S/C56H67Cl2FN8O8S/c1-55(2)30-45(37-5-7-39(57)8-6-37)46-34-66-19-18-65(33-42(66)35-72-22-4-24-73-50(46)31-55)41-9-10-44(48(28-41)67-17-3-23-74-54-49(67)27-38-13-16-60-51(38)62-54)52(68)63-76(69,70)43-29-47(58)53(61-32-43)75-36-56(59)14-11-40(12-15-56)64-20-25-71-26-21-64/h5-10,13,16,27-29,32,40,42,50H,3-4,11-12,14-15,17-26,30-31,33-36H2,1-2H3,(H,60,62)(H,63,68)/t40?,42-,50+,56?/m0/s1. The van der Waals surface area contributed by atoms with Crippen molar-refractivity contribution in [3.8, 4) is 11.8 Å². The Hall–Kier alpha value is -5.05. The third-order valence-electron chi connectivity index (χ3n) is 16.0. The van der Waals surface area contributed by atoms with Crippen LogP contribution in [-0.4, -0.2) is 155 Å². The molecule has 2 atom stereocenters. The van der Waals surface area contributed by atoms with Gasteiger partial charge in [-0.15, -0.1) is 0 Å². The third-order valence-corrected chi connectivity index (χ3v) is 17.8. The molecule has 4 aliphatic heterocycles. The fourth-order valence-corrected chi connectivity index (χ4v) is 13.3. The summed E-state index contributed by atoms with van der Waals surface area (Å²) in [5, 5.41) is 1.43. The summed E-state index contributed by atoms with van der Waals surface area (Å²) < 4.78 is 77.2. The van der Waals surface area contributed by atoms with E-state index in [1.165, 1.54) is 22.8 Å². The van der Waals surface area contributed by atoms with Gasteiger partial charge in [-0.3, -0.25) is 14.6 Å². The fraction of sp³-hybridized carbons (Fsp3) is 0.518. The molecule has 76 heavy (non-hydrogen) atoms. The molecule has 16 nitrogen and oxygen atoms in total. The molecule has 406 valence electrons. The number of benzene rings is 2. The molecule has 2 aliphatic carbocycles. The van der Waals surface area contributed by atoms with Crippen molar-refractivity contribution in [2.75, 3.05) is 102 Å². The van der Waals surface area contributed by atoms with Crippen LogP contribution in [0, 0.1) is 5.41 Å². The lowest BCUT2D eigenvalue weighted by atomic mass is 9.71. The van der Waals surface area contributed by atoms with Crippen molar-refractivity contribution in [2.45, 2.75) is 94.0 Å². The number of piperazine rings is 1. The summed E-state index contributed by atoms with van der Waals surface area (Å²) in [5.74, 6) is -0.553. The summed E-state index contributed by atoms with van der Waals surface area (Å²) in [6.45, 7) is 12.8. The van der Waals surface area contributed by atoms with Crippen LogP contribution in [0.1, 0.15) is 81.1 Å². The zero-order valence-corrected chi connectivity index (χ0v) is 45.5. The summed E-state index contributed by atoms with van der Waals surface area (Å²) in [7, 11) is -4.54. The summed E-state index contributed by atoms with van der Waals surface area (Å²) in [4.78, 5) is 35.7. The number of carbonyl (C=O) groups excluding carboxylic acids is 1. The molecule has 1 saturated carbocycles. The number of anilines is 3. The van der Waals surface area contributed by atoms with Crippen LogP contribution >= 0.6 is 23.2 Å². The number of sulfonamides is 1. The van der Waals surface area contributed by atoms with E-state index in [4.69, 9.17) is 51.9 Å². The number of aromatic amines is 1. The molecule has 5 aromatic rings. The maximum atomic E-state index is 16.0. The van der Waals surface area contributed by atoms with E-state index in [-0.39, 0.29) is 45.5 Å². The number of allylic oxidation sites excluding steroid dienone is 1. The molecule has 7 heterocycles. The molecule has 2 aromatic carbocycles. The molecular formula is C56H67Cl2FN8O8S. The number of halogens is 3. The van der Waals surface area contributed by atoms with Gasteiger partial charge in [-0.25, -0.2) is 22.5 Å². The molecule has 0 spiro atoms. The lowest BCUT2D eigenvalue weighted by Crippen LogP contribution is -2.56. The van der Waals surface area contributed by atoms with E-state index >= 15 is 4.39 Å². The van der Waals surface area contributed by atoms with Gasteiger partial charge in [0.25, 0.3) is 15.9 Å². The number of carbonyl (C=O) groups is 1. The number of rotatable bonds is 10. The Morgan fingerprint density at radius 3 is 2.51 bits per heavy atom. The van der Waals surface area contributed by atoms with Crippen molar-refractivity contribution in [1.82, 2.24) is 29.5 Å². The molecule has 4 fully saturated rings. The second kappa shape index (κ2) is 22.4. The minimum Gasteiger partial charge on any atom is -0.476 e. The van der Waals surface area contributed by atoms with E-state index in [1.807, 2.05) is 47.5 Å². The number of H-pyrrole nitrogens is 1. The number of aromatic nitrogens is 3. The van der Waals surface area contributed by atoms with Crippen LogP contribution in [0.5, 0.6) is 11.8 Å². The Morgan fingerprint density at radius 2 is 1.71 bits per heavy atom.